The second-order valence-corrected chi connectivity index (χ2v) is 4.88. The summed E-state index contributed by atoms with van der Waals surface area (Å²) in [4.78, 5) is 24.9. The minimum Gasteiger partial charge on any atom is -0.492 e. The van der Waals surface area contributed by atoms with Crippen LogP contribution in [0.1, 0.15) is 45.4 Å². The zero-order chi connectivity index (χ0) is 13.7. The summed E-state index contributed by atoms with van der Waals surface area (Å²) in [6, 6.07) is 0. The van der Waals surface area contributed by atoms with Crippen LogP contribution in [0.15, 0.2) is 11.3 Å². The normalized spacial score (nSPS) is 17.8. The molecule has 2 aliphatic rings. The van der Waals surface area contributed by atoms with E-state index in [1.165, 1.54) is 7.11 Å². The molecule has 3 rings (SSSR count). The Morgan fingerprint density at radius 2 is 2.05 bits per heavy atom. The zero-order valence-corrected chi connectivity index (χ0v) is 10.9. The average Bonchev–Trinajstić information content (AvgIpc) is 2.96. The average molecular weight is 261 g/mol. The van der Waals surface area contributed by atoms with Crippen molar-refractivity contribution in [3.63, 3.8) is 0 Å². The molecule has 0 amide bonds. The number of ether oxygens (including phenoxy) is 1. The molecule has 2 heterocycles. The molecule has 100 valence electrons. The van der Waals surface area contributed by atoms with Gasteiger partial charge in [-0.15, -0.1) is 0 Å². The molecule has 1 aliphatic heterocycles. The van der Waals surface area contributed by atoms with E-state index in [9.17, 15) is 14.7 Å². The lowest BCUT2D eigenvalue weighted by Gasteiger charge is -2.17. The lowest BCUT2D eigenvalue weighted by molar-refractivity contribution is 0.0900. The Kier molecular flexibility index (Phi) is 2.60. The molecule has 5 nitrogen and oxygen atoms in total. The van der Waals surface area contributed by atoms with E-state index < -0.39 is 0 Å². The zero-order valence-electron chi connectivity index (χ0n) is 10.9. The van der Waals surface area contributed by atoms with Crippen LogP contribution in [0, 0.1) is 0 Å². The van der Waals surface area contributed by atoms with Crippen molar-refractivity contribution in [1.29, 1.82) is 0 Å². The van der Waals surface area contributed by atoms with Gasteiger partial charge in [0, 0.05) is 23.4 Å². The van der Waals surface area contributed by atoms with Crippen molar-refractivity contribution in [3.05, 3.63) is 33.8 Å². The molecule has 0 saturated heterocycles. The number of hydrogen-bond acceptors (Lipinski definition) is 4. The molecular weight excluding hydrogens is 246 g/mol. The van der Waals surface area contributed by atoms with E-state index in [2.05, 4.69) is 0 Å². The summed E-state index contributed by atoms with van der Waals surface area (Å²) in [7, 11) is 1.39. The number of nitrogens with zero attached hydrogens (tertiary/aromatic N) is 1. The molecule has 0 fully saturated rings. The Hall–Kier alpha value is -1.88. The highest BCUT2D eigenvalue weighted by Gasteiger charge is 2.39. The lowest BCUT2D eigenvalue weighted by atomic mass is 9.91. The van der Waals surface area contributed by atoms with E-state index in [1.54, 1.807) is 6.92 Å². The van der Waals surface area contributed by atoms with Crippen LogP contribution in [0.5, 0.6) is 0 Å². The minimum atomic E-state index is -0.291. The molecule has 0 unspecified atom stereocenters. The van der Waals surface area contributed by atoms with Gasteiger partial charge in [-0.2, -0.15) is 0 Å². The molecule has 1 N–H and O–H groups in total. The van der Waals surface area contributed by atoms with E-state index in [0.717, 1.165) is 25.1 Å². The van der Waals surface area contributed by atoms with Crippen molar-refractivity contribution in [3.8, 4) is 0 Å². The van der Waals surface area contributed by atoms with Gasteiger partial charge in [0.25, 0.3) is 0 Å². The van der Waals surface area contributed by atoms with Gasteiger partial charge >= 0.3 is 0 Å². The quantitative estimate of drug-likeness (QED) is 0.869. The molecule has 1 aliphatic carbocycles. The van der Waals surface area contributed by atoms with Crippen molar-refractivity contribution >= 4 is 11.6 Å². The number of carbonyl (C=O) groups is 2. The number of ketones is 2. The fourth-order valence-corrected chi connectivity index (χ4v) is 3.12. The molecule has 0 aromatic carbocycles. The maximum absolute atomic E-state index is 12.4. The van der Waals surface area contributed by atoms with Crippen LogP contribution in [0.3, 0.4) is 0 Å². The monoisotopic (exact) mass is 261 g/mol. The van der Waals surface area contributed by atoms with Crippen molar-refractivity contribution in [2.45, 2.75) is 32.9 Å². The second kappa shape index (κ2) is 4.06. The Bertz CT molecular complexity index is 636. The Labute approximate surface area is 110 Å². The second-order valence-electron chi connectivity index (χ2n) is 4.88. The number of aromatic nitrogens is 1. The molecular formula is C14H15NO4. The van der Waals surface area contributed by atoms with Crippen LogP contribution < -0.4 is 0 Å². The van der Waals surface area contributed by atoms with Gasteiger partial charge in [-0.25, -0.2) is 0 Å². The molecule has 1 aromatic rings. The number of carbonyl (C=O) groups excluding carboxylic acids is 2. The largest absolute Gasteiger partial charge is 0.492 e. The number of hydrogen-bond donors (Lipinski definition) is 1. The molecule has 0 spiro atoms. The smallest absolute Gasteiger partial charge is 0.230 e. The first-order chi connectivity index (χ1) is 9.11. The number of aliphatic hydroxyl groups excluding tert-OH is 1. The van der Waals surface area contributed by atoms with Gasteiger partial charge in [-0.3, -0.25) is 9.59 Å². The van der Waals surface area contributed by atoms with Crippen LogP contribution in [-0.2, 0) is 24.3 Å². The number of rotatable bonds is 2. The van der Waals surface area contributed by atoms with Gasteiger partial charge in [0.2, 0.25) is 11.6 Å². The van der Waals surface area contributed by atoms with Gasteiger partial charge in [0.05, 0.1) is 19.3 Å². The summed E-state index contributed by atoms with van der Waals surface area (Å²) in [6.07, 6.45) is 1.74. The first kappa shape index (κ1) is 12.2. The van der Waals surface area contributed by atoms with E-state index in [-0.39, 0.29) is 23.9 Å². The summed E-state index contributed by atoms with van der Waals surface area (Å²) in [5, 5.41) is 9.54. The van der Waals surface area contributed by atoms with Crippen molar-refractivity contribution < 1.29 is 19.4 Å². The summed E-state index contributed by atoms with van der Waals surface area (Å²) in [5.74, 6) is -0.369. The van der Waals surface area contributed by atoms with E-state index in [1.807, 2.05) is 4.57 Å². The highest BCUT2D eigenvalue weighted by atomic mass is 16.5. The number of Topliss-reactive ketones (excluding diaryl/α,β-unsaturated/α-hetero) is 2. The highest BCUT2D eigenvalue weighted by Crippen LogP contribution is 2.36. The first-order valence-corrected chi connectivity index (χ1v) is 6.31. The van der Waals surface area contributed by atoms with Gasteiger partial charge in [-0.05, 0) is 19.8 Å². The third kappa shape index (κ3) is 1.39. The van der Waals surface area contributed by atoms with Crippen LogP contribution in [0.4, 0.5) is 0 Å². The standard InChI is InChI=1S/C14H15NO4/c1-7-12(17)11-10(13(18)14(7)19-2)8(6-16)9-4-3-5-15(9)11/h16H,3-6H2,1-2H3. The van der Waals surface area contributed by atoms with E-state index in [4.69, 9.17) is 4.74 Å². The maximum atomic E-state index is 12.4. The Morgan fingerprint density at radius 3 is 2.68 bits per heavy atom. The SMILES string of the molecule is COC1=C(C)C(=O)c2c(c(CO)c3n2CCC3)C1=O. The highest BCUT2D eigenvalue weighted by molar-refractivity contribution is 6.26. The topological polar surface area (TPSA) is 68.5 Å². The number of fused-ring (bicyclic) bond motifs is 3. The molecule has 1 aromatic heterocycles. The summed E-state index contributed by atoms with van der Waals surface area (Å²) < 4.78 is 6.95. The van der Waals surface area contributed by atoms with Gasteiger partial charge in [-0.1, -0.05) is 0 Å². The lowest BCUT2D eigenvalue weighted by Crippen LogP contribution is -2.24. The van der Waals surface area contributed by atoms with Crippen LogP contribution >= 0.6 is 0 Å². The number of allylic oxidation sites excluding steroid dienone is 2. The molecule has 0 bridgehead atoms. The predicted molar refractivity (Wildman–Crippen MR) is 67.0 cm³/mol. The summed E-state index contributed by atoms with van der Waals surface area (Å²) in [6.45, 7) is 2.11. The summed E-state index contributed by atoms with van der Waals surface area (Å²) in [5.41, 5.74) is 2.62. The van der Waals surface area contributed by atoms with Gasteiger partial charge < -0.3 is 14.4 Å². The Balaban J connectivity index is 2.32. The predicted octanol–water partition coefficient (Wildman–Crippen LogP) is 1.23. The fraction of sp³-hybridized carbons (Fsp3) is 0.429. The molecule has 19 heavy (non-hydrogen) atoms. The summed E-state index contributed by atoms with van der Waals surface area (Å²) >= 11 is 0. The van der Waals surface area contributed by atoms with Crippen LogP contribution in [-0.4, -0.2) is 28.3 Å². The van der Waals surface area contributed by atoms with E-state index in [0.29, 0.717) is 22.4 Å². The molecule has 5 heteroatoms. The molecule has 0 atom stereocenters. The third-order valence-electron chi connectivity index (χ3n) is 3.97. The van der Waals surface area contributed by atoms with Crippen molar-refractivity contribution in [1.82, 2.24) is 4.57 Å². The number of methoxy groups -OCH3 is 1. The van der Waals surface area contributed by atoms with Gasteiger partial charge in [0.1, 0.15) is 5.69 Å². The van der Waals surface area contributed by atoms with Gasteiger partial charge in [0.15, 0.2) is 5.76 Å². The number of aliphatic hydroxyl groups is 1. The van der Waals surface area contributed by atoms with E-state index >= 15 is 0 Å². The minimum absolute atomic E-state index is 0.0940. The van der Waals surface area contributed by atoms with Crippen LogP contribution in [0.2, 0.25) is 0 Å². The molecule has 0 radical (unpaired) electrons. The Morgan fingerprint density at radius 1 is 1.32 bits per heavy atom. The maximum Gasteiger partial charge on any atom is 0.230 e. The first-order valence-electron chi connectivity index (χ1n) is 6.31. The fourth-order valence-electron chi connectivity index (χ4n) is 3.12. The van der Waals surface area contributed by atoms with Crippen LogP contribution in [0.25, 0.3) is 0 Å². The third-order valence-corrected chi connectivity index (χ3v) is 3.97. The van der Waals surface area contributed by atoms with Crippen molar-refractivity contribution in [2.75, 3.05) is 7.11 Å². The molecule has 0 saturated carbocycles. The van der Waals surface area contributed by atoms with Crippen molar-refractivity contribution in [2.24, 2.45) is 0 Å².